The van der Waals surface area contributed by atoms with E-state index in [1.165, 1.54) is 0 Å². The highest BCUT2D eigenvalue weighted by Gasteiger charge is 2.20. The molecule has 0 bridgehead atoms. The van der Waals surface area contributed by atoms with Crippen LogP contribution in [0.5, 0.6) is 0 Å². The molecule has 1 unspecified atom stereocenters. The van der Waals surface area contributed by atoms with Crippen molar-refractivity contribution in [3.63, 3.8) is 0 Å². The third-order valence-corrected chi connectivity index (χ3v) is 3.96. The molecule has 1 atom stereocenters. The van der Waals surface area contributed by atoms with Gasteiger partial charge in [-0.05, 0) is 35.8 Å². The number of furan rings is 1. The first kappa shape index (κ1) is 10.9. The molecule has 3 nitrogen and oxygen atoms in total. The van der Waals surface area contributed by atoms with Crippen LogP contribution >= 0.6 is 27.3 Å². The van der Waals surface area contributed by atoms with E-state index < -0.39 is 0 Å². The molecule has 2 rings (SSSR count). The summed E-state index contributed by atoms with van der Waals surface area (Å²) >= 11 is 5.02. The van der Waals surface area contributed by atoms with Gasteiger partial charge in [0.25, 0.3) is 0 Å². The van der Waals surface area contributed by atoms with E-state index in [0.717, 1.165) is 25.8 Å². The van der Waals surface area contributed by atoms with E-state index in [9.17, 15) is 0 Å². The topological polar surface area (TPSA) is 52.0 Å². The summed E-state index contributed by atoms with van der Waals surface area (Å²) in [5.41, 5.74) is 7.10. The Morgan fingerprint density at radius 3 is 2.73 bits per heavy atom. The van der Waals surface area contributed by atoms with Crippen molar-refractivity contribution in [2.24, 2.45) is 5.73 Å². The second-order valence-corrected chi connectivity index (χ2v) is 5.38. The third-order valence-electron chi connectivity index (χ3n) is 2.15. The maximum Gasteiger partial charge on any atom is 0.140 e. The summed E-state index contributed by atoms with van der Waals surface area (Å²) in [5, 5.41) is 1.03. The van der Waals surface area contributed by atoms with Crippen molar-refractivity contribution >= 4 is 27.3 Å². The Balaban J connectivity index is 2.40. The minimum atomic E-state index is -0.236. The fourth-order valence-corrected chi connectivity index (χ4v) is 2.86. The third kappa shape index (κ3) is 2.00. The summed E-state index contributed by atoms with van der Waals surface area (Å²) in [6.07, 6.45) is 1.63. The zero-order valence-electron chi connectivity index (χ0n) is 8.45. The standard InChI is InChI=1S/C10H11BrN2OS/c1-5-10(15-6(2)13-5)8(12)9-7(11)3-4-14-9/h3-4,8H,12H2,1-2H3. The quantitative estimate of drug-likeness (QED) is 0.923. The van der Waals surface area contributed by atoms with Crippen molar-refractivity contribution in [1.29, 1.82) is 0 Å². The van der Waals surface area contributed by atoms with Gasteiger partial charge in [-0.2, -0.15) is 0 Å². The van der Waals surface area contributed by atoms with E-state index in [2.05, 4.69) is 20.9 Å². The molecule has 2 aromatic rings. The van der Waals surface area contributed by atoms with Crippen LogP contribution in [0, 0.1) is 13.8 Å². The van der Waals surface area contributed by atoms with Crippen molar-refractivity contribution in [3.8, 4) is 0 Å². The van der Waals surface area contributed by atoms with E-state index in [4.69, 9.17) is 10.2 Å². The molecule has 15 heavy (non-hydrogen) atoms. The zero-order chi connectivity index (χ0) is 11.0. The average molecular weight is 287 g/mol. The molecule has 0 spiro atoms. The molecular weight excluding hydrogens is 276 g/mol. The van der Waals surface area contributed by atoms with Gasteiger partial charge in [-0.3, -0.25) is 0 Å². The second kappa shape index (κ2) is 4.08. The number of aromatic nitrogens is 1. The van der Waals surface area contributed by atoms with E-state index in [1.807, 2.05) is 19.9 Å². The van der Waals surface area contributed by atoms with Crippen molar-refractivity contribution < 1.29 is 4.42 Å². The summed E-state index contributed by atoms with van der Waals surface area (Å²) in [6, 6.07) is 1.61. The molecule has 0 aromatic carbocycles. The lowest BCUT2D eigenvalue weighted by atomic mass is 10.2. The molecule has 0 saturated heterocycles. The van der Waals surface area contributed by atoms with Crippen LogP contribution in [-0.4, -0.2) is 4.98 Å². The number of rotatable bonds is 2. The van der Waals surface area contributed by atoms with Crippen LogP contribution in [0.4, 0.5) is 0 Å². The van der Waals surface area contributed by atoms with Gasteiger partial charge in [0.2, 0.25) is 0 Å². The molecule has 2 N–H and O–H groups in total. The van der Waals surface area contributed by atoms with Gasteiger partial charge < -0.3 is 10.2 Å². The Morgan fingerprint density at radius 2 is 2.27 bits per heavy atom. The molecule has 0 saturated carbocycles. The van der Waals surface area contributed by atoms with Gasteiger partial charge in [0.1, 0.15) is 11.8 Å². The van der Waals surface area contributed by atoms with Crippen LogP contribution in [0.2, 0.25) is 0 Å². The first-order valence-corrected chi connectivity index (χ1v) is 6.13. The number of hydrogen-bond donors (Lipinski definition) is 1. The predicted molar refractivity (Wildman–Crippen MR) is 64.0 cm³/mol. The Morgan fingerprint density at radius 1 is 1.53 bits per heavy atom. The number of nitrogens with two attached hydrogens (primary N) is 1. The van der Waals surface area contributed by atoms with Crippen molar-refractivity contribution in [2.45, 2.75) is 19.9 Å². The van der Waals surface area contributed by atoms with Gasteiger partial charge >= 0.3 is 0 Å². The number of nitrogens with zero attached hydrogens (tertiary/aromatic N) is 1. The summed E-state index contributed by atoms with van der Waals surface area (Å²) in [4.78, 5) is 5.41. The lowest BCUT2D eigenvalue weighted by molar-refractivity contribution is 0.489. The van der Waals surface area contributed by atoms with Crippen molar-refractivity contribution in [1.82, 2.24) is 4.98 Å². The summed E-state index contributed by atoms with van der Waals surface area (Å²) in [5.74, 6) is 0.752. The van der Waals surface area contributed by atoms with Gasteiger partial charge in [-0.1, -0.05) is 0 Å². The first-order valence-electron chi connectivity index (χ1n) is 4.52. The Hall–Kier alpha value is -0.650. The number of halogens is 1. The maximum absolute atomic E-state index is 6.12. The molecule has 0 radical (unpaired) electrons. The summed E-state index contributed by atoms with van der Waals surface area (Å²) in [6.45, 7) is 3.95. The highest BCUT2D eigenvalue weighted by atomic mass is 79.9. The molecule has 0 fully saturated rings. The SMILES string of the molecule is Cc1nc(C)c(C(N)c2occc2Br)s1. The second-order valence-electron chi connectivity index (χ2n) is 3.29. The van der Waals surface area contributed by atoms with Gasteiger partial charge in [0, 0.05) is 0 Å². The van der Waals surface area contributed by atoms with Gasteiger partial charge in [-0.15, -0.1) is 11.3 Å². The number of hydrogen-bond acceptors (Lipinski definition) is 4. The van der Waals surface area contributed by atoms with E-state index in [-0.39, 0.29) is 6.04 Å². The van der Waals surface area contributed by atoms with Crippen LogP contribution in [0.1, 0.15) is 27.4 Å². The molecule has 2 heterocycles. The zero-order valence-corrected chi connectivity index (χ0v) is 10.9. The van der Waals surface area contributed by atoms with Crippen LogP contribution in [0.3, 0.4) is 0 Å². The summed E-state index contributed by atoms with van der Waals surface area (Å²) < 4.78 is 6.25. The predicted octanol–water partition coefficient (Wildman–Crippen LogP) is 3.16. The molecule has 80 valence electrons. The van der Waals surface area contributed by atoms with Crippen LogP contribution in [-0.2, 0) is 0 Å². The molecule has 0 aliphatic heterocycles. The Kier molecular flexibility index (Phi) is 2.95. The number of aryl methyl sites for hydroxylation is 2. The smallest absolute Gasteiger partial charge is 0.140 e. The largest absolute Gasteiger partial charge is 0.466 e. The fraction of sp³-hybridized carbons (Fsp3) is 0.300. The number of thiazole rings is 1. The molecular formula is C10H11BrN2OS. The Bertz CT molecular complexity index is 477. The van der Waals surface area contributed by atoms with E-state index in [1.54, 1.807) is 17.6 Å². The van der Waals surface area contributed by atoms with Gasteiger partial charge in [0.15, 0.2) is 0 Å². The minimum Gasteiger partial charge on any atom is -0.466 e. The van der Waals surface area contributed by atoms with Crippen LogP contribution < -0.4 is 5.73 Å². The van der Waals surface area contributed by atoms with Crippen molar-refractivity contribution in [2.75, 3.05) is 0 Å². The lowest BCUT2D eigenvalue weighted by Crippen LogP contribution is -2.11. The molecule has 5 heteroatoms. The van der Waals surface area contributed by atoms with Gasteiger partial charge in [0.05, 0.1) is 26.3 Å². The van der Waals surface area contributed by atoms with Gasteiger partial charge in [-0.25, -0.2) is 4.98 Å². The Labute approximate surface area is 100 Å². The van der Waals surface area contributed by atoms with E-state index >= 15 is 0 Å². The minimum absolute atomic E-state index is 0.236. The van der Waals surface area contributed by atoms with Crippen LogP contribution in [0.15, 0.2) is 21.2 Å². The van der Waals surface area contributed by atoms with E-state index in [0.29, 0.717) is 0 Å². The maximum atomic E-state index is 6.12. The average Bonchev–Trinajstić information content (AvgIpc) is 2.71. The fourth-order valence-electron chi connectivity index (χ4n) is 1.48. The molecule has 0 aliphatic rings. The monoisotopic (exact) mass is 286 g/mol. The first-order chi connectivity index (χ1) is 7.09. The highest BCUT2D eigenvalue weighted by Crippen LogP contribution is 2.32. The lowest BCUT2D eigenvalue weighted by Gasteiger charge is -2.07. The molecule has 0 amide bonds. The van der Waals surface area contributed by atoms with Crippen LogP contribution in [0.25, 0.3) is 0 Å². The molecule has 2 aromatic heterocycles. The molecule has 0 aliphatic carbocycles. The summed E-state index contributed by atoms with van der Waals surface area (Å²) in [7, 11) is 0. The highest BCUT2D eigenvalue weighted by molar-refractivity contribution is 9.10. The van der Waals surface area contributed by atoms with Crippen molar-refractivity contribution in [3.05, 3.63) is 38.1 Å². The normalized spacial score (nSPS) is 13.1.